The molecule has 0 fully saturated rings. The summed E-state index contributed by atoms with van der Waals surface area (Å²) >= 11 is 1.48. The highest BCUT2D eigenvalue weighted by Gasteiger charge is 2.14. The average Bonchev–Trinajstić information content (AvgIpc) is 3.08. The van der Waals surface area contributed by atoms with Crippen molar-refractivity contribution in [1.29, 1.82) is 0 Å². The highest BCUT2D eigenvalue weighted by Crippen LogP contribution is 2.38. The van der Waals surface area contributed by atoms with Gasteiger partial charge in [0.2, 0.25) is 15.1 Å². The zero-order chi connectivity index (χ0) is 21.8. The molecule has 0 saturated heterocycles. The number of sulfonamides is 1. The van der Waals surface area contributed by atoms with Gasteiger partial charge >= 0.3 is 0 Å². The van der Waals surface area contributed by atoms with Crippen LogP contribution in [0.4, 0.5) is 17.2 Å². The van der Waals surface area contributed by atoms with Crippen molar-refractivity contribution in [3.05, 3.63) is 77.9 Å². The lowest BCUT2D eigenvalue weighted by molar-refractivity contribution is 0.496. The third kappa shape index (κ3) is 5.59. The maximum absolute atomic E-state index is 11.5. The van der Waals surface area contributed by atoms with E-state index in [1.807, 2.05) is 43.3 Å². The minimum Gasteiger partial charge on any atom is -0.444 e. The van der Waals surface area contributed by atoms with E-state index in [2.05, 4.69) is 20.0 Å². The third-order valence-electron chi connectivity index (χ3n) is 4.13. The van der Waals surface area contributed by atoms with Gasteiger partial charge in [0.1, 0.15) is 17.3 Å². The maximum atomic E-state index is 11.5. The Balaban J connectivity index is 1.55. The van der Waals surface area contributed by atoms with Crippen molar-refractivity contribution in [2.45, 2.75) is 6.92 Å². The van der Waals surface area contributed by atoms with Crippen molar-refractivity contribution in [2.75, 3.05) is 16.3 Å². The molecule has 0 unspecified atom stereocenters. The van der Waals surface area contributed by atoms with Crippen LogP contribution in [-0.4, -0.2) is 24.6 Å². The Morgan fingerprint density at radius 2 is 1.74 bits per heavy atom. The fourth-order valence-corrected chi connectivity index (χ4v) is 4.29. The number of pyridine rings is 1. The summed E-state index contributed by atoms with van der Waals surface area (Å²) < 4.78 is 31.5. The quantitative estimate of drug-likeness (QED) is 0.389. The number of rotatable bonds is 7. The summed E-state index contributed by atoms with van der Waals surface area (Å²) in [4.78, 5) is 8.94. The summed E-state index contributed by atoms with van der Waals surface area (Å²) in [5.74, 6) is 1.18. The number of ether oxygens (including phenoxy) is 1. The molecule has 0 aliphatic rings. The van der Waals surface area contributed by atoms with E-state index in [4.69, 9.17) is 4.74 Å². The Bertz CT molecular complexity index is 1310. The van der Waals surface area contributed by atoms with Gasteiger partial charge in [0.15, 0.2) is 0 Å². The Morgan fingerprint density at radius 3 is 2.52 bits per heavy atom. The largest absolute Gasteiger partial charge is 0.444 e. The second kappa shape index (κ2) is 8.75. The summed E-state index contributed by atoms with van der Waals surface area (Å²) in [6, 6.07) is 20.4. The Kier molecular flexibility index (Phi) is 5.88. The lowest BCUT2D eigenvalue weighted by Crippen LogP contribution is -2.09. The molecule has 4 aromatic rings. The minimum atomic E-state index is -3.35. The van der Waals surface area contributed by atoms with Gasteiger partial charge in [-0.25, -0.2) is 18.4 Å². The van der Waals surface area contributed by atoms with Crippen LogP contribution in [0.5, 0.6) is 10.8 Å². The lowest BCUT2D eigenvalue weighted by atomic mass is 10.2. The summed E-state index contributed by atoms with van der Waals surface area (Å²) in [5.41, 5.74) is 2.95. The number of nitrogens with zero attached hydrogens (tertiary/aromatic N) is 2. The molecule has 2 aromatic carbocycles. The van der Waals surface area contributed by atoms with Gasteiger partial charge in [-0.15, -0.1) is 0 Å². The van der Waals surface area contributed by atoms with E-state index >= 15 is 0 Å². The number of nitrogens with one attached hydrogen (secondary N) is 2. The molecule has 0 atom stereocenters. The SMILES string of the molecule is Cc1nc(-c2ccccc2)c(Oc2ccnc(Nc3cccc(NS(C)(=O)=O)c3)c2)s1. The van der Waals surface area contributed by atoms with Gasteiger partial charge in [-0.05, 0) is 31.2 Å². The van der Waals surface area contributed by atoms with E-state index in [0.29, 0.717) is 28.0 Å². The maximum Gasteiger partial charge on any atom is 0.229 e. The third-order valence-corrected chi connectivity index (χ3v) is 5.59. The highest BCUT2D eigenvalue weighted by molar-refractivity contribution is 7.92. The molecule has 0 spiro atoms. The van der Waals surface area contributed by atoms with E-state index in [9.17, 15) is 8.42 Å². The summed E-state index contributed by atoms with van der Waals surface area (Å²) in [5, 5.41) is 4.79. The first-order chi connectivity index (χ1) is 14.9. The van der Waals surface area contributed by atoms with Gasteiger partial charge in [-0.2, -0.15) is 0 Å². The predicted octanol–water partition coefficient (Wildman–Crippen LogP) is 5.42. The van der Waals surface area contributed by atoms with Crippen LogP contribution in [0.15, 0.2) is 72.9 Å². The van der Waals surface area contributed by atoms with Crippen molar-refractivity contribution in [2.24, 2.45) is 0 Å². The molecule has 31 heavy (non-hydrogen) atoms. The van der Waals surface area contributed by atoms with E-state index in [-0.39, 0.29) is 0 Å². The monoisotopic (exact) mass is 452 g/mol. The first-order valence-electron chi connectivity index (χ1n) is 9.37. The molecule has 0 aliphatic carbocycles. The fraction of sp³-hybridized carbons (Fsp3) is 0.0909. The summed E-state index contributed by atoms with van der Waals surface area (Å²) in [6.07, 6.45) is 2.76. The van der Waals surface area contributed by atoms with E-state index < -0.39 is 10.0 Å². The number of anilines is 3. The summed E-state index contributed by atoms with van der Waals surface area (Å²) in [6.45, 7) is 1.95. The summed E-state index contributed by atoms with van der Waals surface area (Å²) in [7, 11) is -3.35. The lowest BCUT2D eigenvalue weighted by Gasteiger charge is -2.10. The molecule has 0 bridgehead atoms. The van der Waals surface area contributed by atoms with Gasteiger partial charge < -0.3 is 10.1 Å². The van der Waals surface area contributed by atoms with Crippen molar-refractivity contribution >= 4 is 38.6 Å². The average molecular weight is 453 g/mol. The molecule has 0 radical (unpaired) electrons. The second-order valence-electron chi connectivity index (χ2n) is 6.79. The number of hydrogen-bond donors (Lipinski definition) is 2. The van der Waals surface area contributed by atoms with E-state index in [0.717, 1.165) is 22.5 Å². The molecule has 0 amide bonds. The number of benzene rings is 2. The predicted molar refractivity (Wildman–Crippen MR) is 125 cm³/mol. The van der Waals surface area contributed by atoms with Gasteiger partial charge in [-0.1, -0.05) is 47.7 Å². The number of thiazole rings is 1. The first kappa shape index (κ1) is 20.8. The molecule has 2 aromatic heterocycles. The molecule has 158 valence electrons. The smallest absolute Gasteiger partial charge is 0.229 e. The first-order valence-corrected chi connectivity index (χ1v) is 12.1. The second-order valence-corrected chi connectivity index (χ2v) is 9.71. The van der Waals surface area contributed by atoms with E-state index in [1.54, 1.807) is 36.5 Å². The van der Waals surface area contributed by atoms with Crippen molar-refractivity contribution in [3.8, 4) is 22.1 Å². The topological polar surface area (TPSA) is 93.2 Å². The number of aromatic nitrogens is 2. The molecule has 2 heterocycles. The zero-order valence-corrected chi connectivity index (χ0v) is 18.5. The highest BCUT2D eigenvalue weighted by atomic mass is 32.2. The standard InChI is InChI=1S/C22H20N4O3S2/c1-15-24-21(16-7-4-3-5-8-16)22(30-15)29-19-11-12-23-20(14-19)25-17-9-6-10-18(13-17)26-31(2,27)28/h3-14,26H,1-2H3,(H,23,25). The van der Waals surface area contributed by atoms with Gasteiger partial charge in [0.25, 0.3) is 0 Å². The van der Waals surface area contributed by atoms with Crippen LogP contribution < -0.4 is 14.8 Å². The van der Waals surface area contributed by atoms with Crippen LogP contribution in [0.3, 0.4) is 0 Å². The van der Waals surface area contributed by atoms with Crippen LogP contribution in [0, 0.1) is 6.92 Å². The molecular weight excluding hydrogens is 432 g/mol. The van der Waals surface area contributed by atoms with Crippen molar-refractivity contribution in [1.82, 2.24) is 9.97 Å². The van der Waals surface area contributed by atoms with Crippen LogP contribution in [0.1, 0.15) is 5.01 Å². The molecule has 4 rings (SSSR count). The minimum absolute atomic E-state index is 0.465. The number of aryl methyl sites for hydroxylation is 1. The Morgan fingerprint density at radius 1 is 0.968 bits per heavy atom. The van der Waals surface area contributed by atoms with Crippen LogP contribution in [0.2, 0.25) is 0 Å². The van der Waals surface area contributed by atoms with Crippen LogP contribution in [-0.2, 0) is 10.0 Å². The molecule has 0 saturated carbocycles. The molecular formula is C22H20N4O3S2. The molecule has 7 nitrogen and oxygen atoms in total. The van der Waals surface area contributed by atoms with Crippen LogP contribution >= 0.6 is 11.3 Å². The zero-order valence-electron chi connectivity index (χ0n) is 16.9. The Labute approximate surface area is 184 Å². The van der Waals surface area contributed by atoms with Gasteiger partial charge in [-0.3, -0.25) is 4.72 Å². The molecule has 0 aliphatic heterocycles. The molecule has 2 N–H and O–H groups in total. The fourth-order valence-electron chi connectivity index (χ4n) is 2.93. The normalized spacial score (nSPS) is 11.2. The number of hydrogen-bond acceptors (Lipinski definition) is 7. The van der Waals surface area contributed by atoms with Gasteiger partial charge in [0.05, 0.1) is 17.0 Å². The van der Waals surface area contributed by atoms with Crippen molar-refractivity contribution < 1.29 is 13.2 Å². The Hall–Kier alpha value is -3.43. The van der Waals surface area contributed by atoms with E-state index in [1.165, 1.54) is 11.3 Å². The van der Waals surface area contributed by atoms with Crippen LogP contribution in [0.25, 0.3) is 11.3 Å². The molecule has 9 heteroatoms. The van der Waals surface area contributed by atoms with Gasteiger partial charge in [0, 0.05) is 23.5 Å². The van der Waals surface area contributed by atoms with Crippen molar-refractivity contribution in [3.63, 3.8) is 0 Å².